The van der Waals surface area contributed by atoms with Crippen LogP contribution >= 0.6 is 0 Å². The van der Waals surface area contributed by atoms with E-state index < -0.39 is 218 Å². The second-order valence-corrected chi connectivity index (χ2v) is 25.6. The fourth-order valence-electron chi connectivity index (χ4n) is 11.4. The molecule has 0 radical (unpaired) electrons. The number of ether oxygens (including phenoxy) is 4. The Morgan fingerprint density at radius 3 is 1.07 bits per heavy atom. The number of esters is 1. The van der Waals surface area contributed by atoms with Crippen LogP contribution in [-0.2, 0) is 100 Å². The topological polar surface area (TPSA) is 569 Å². The number of hydrogen-bond acceptors (Lipinski definition) is 21. The van der Waals surface area contributed by atoms with Gasteiger partial charge in [-0.25, -0.2) is 14.4 Å². The molecule has 37 nitrogen and oxygen atoms in total. The molecule has 0 aromatic heterocycles. The molecule has 1 spiro atoms. The highest BCUT2D eigenvalue weighted by Crippen LogP contribution is 2.57. The number of anilines is 2. The SMILES string of the molecule is CC(C)[C@@H](NC(=O)C(CCC(=O)O)NC(=O)[C@@H](CC(=O)O)NC(=O)OCc1ccccc1)C(=O)N[C@@H](CC(=O)O)C(=O)Nc1ccc2c(c1)Oc1cc(NC(=O)[C@H](CC(=O)O)NC(=O)[C@H](NC(=O)[C@H](CCC(=O)O)NC(=O)[C@@H](CC(=O)O)NC(=O)OCc3ccccc3)C(C)C)ccc1C21OC(=O)c2ccccc21. The third-order valence-corrected chi connectivity index (χ3v) is 16.7. The molecule has 10 amide bonds. The van der Waals surface area contributed by atoms with E-state index in [2.05, 4.69) is 53.2 Å². The summed E-state index contributed by atoms with van der Waals surface area (Å²) in [7, 11) is 0. The maximum Gasteiger partial charge on any atom is 0.408 e. The first-order chi connectivity index (χ1) is 51.6. The number of nitrogens with one attached hydrogen (secondary N) is 10. The number of alkyl carbamates (subject to hydrolysis) is 2. The lowest BCUT2D eigenvalue weighted by atomic mass is 9.77. The molecule has 0 fully saturated rings. The van der Waals surface area contributed by atoms with Gasteiger partial charge in [0, 0.05) is 53.0 Å². The van der Waals surface area contributed by atoms with Gasteiger partial charge in [0.2, 0.25) is 47.3 Å². The van der Waals surface area contributed by atoms with Gasteiger partial charge >= 0.3 is 54.0 Å². The molecule has 0 bridgehead atoms. The van der Waals surface area contributed by atoms with Gasteiger partial charge in [-0.2, -0.15) is 0 Å². The van der Waals surface area contributed by atoms with E-state index in [0.717, 1.165) is 0 Å². The van der Waals surface area contributed by atoms with Crippen LogP contribution in [0.15, 0.2) is 121 Å². The minimum atomic E-state index is -1.94. The Bertz CT molecular complexity index is 4090. The summed E-state index contributed by atoms with van der Waals surface area (Å²) in [5, 5.41) is 81.2. The molecule has 0 saturated heterocycles. The first kappa shape index (κ1) is 82.8. The third kappa shape index (κ3) is 23.2. The third-order valence-electron chi connectivity index (χ3n) is 16.7. The minimum Gasteiger partial charge on any atom is -0.481 e. The van der Waals surface area contributed by atoms with Crippen molar-refractivity contribution >= 4 is 113 Å². The largest absolute Gasteiger partial charge is 0.481 e. The molecule has 16 N–H and O–H groups in total. The van der Waals surface area contributed by atoms with E-state index >= 15 is 0 Å². The highest BCUT2D eigenvalue weighted by Gasteiger charge is 2.54. The summed E-state index contributed by atoms with van der Waals surface area (Å²) >= 11 is 0. The summed E-state index contributed by atoms with van der Waals surface area (Å²) in [6.45, 7) is 5.14. The maximum atomic E-state index is 14.3. The smallest absolute Gasteiger partial charge is 0.408 e. The van der Waals surface area contributed by atoms with Crippen LogP contribution in [0.1, 0.15) is 117 Å². The average molecular weight is 1520 g/mol. The Balaban J connectivity index is 1.08. The molecule has 109 heavy (non-hydrogen) atoms. The van der Waals surface area contributed by atoms with Gasteiger partial charge in [-0.15, -0.1) is 0 Å². The fourth-order valence-corrected chi connectivity index (χ4v) is 11.4. The Kier molecular flexibility index (Phi) is 28.8. The van der Waals surface area contributed by atoms with Crippen molar-refractivity contribution < 1.29 is 131 Å². The van der Waals surface area contributed by atoms with Gasteiger partial charge in [-0.3, -0.25) is 67.1 Å². The molecule has 578 valence electrons. The van der Waals surface area contributed by atoms with Crippen LogP contribution in [0.25, 0.3) is 0 Å². The zero-order valence-corrected chi connectivity index (χ0v) is 58.6. The second-order valence-electron chi connectivity index (χ2n) is 25.6. The number of carboxylic acids is 6. The number of fused-ring (bicyclic) bond motifs is 6. The summed E-state index contributed by atoms with van der Waals surface area (Å²) in [6.07, 6.45) is -9.52. The average Bonchev–Trinajstić information content (AvgIpc) is 1.62. The van der Waals surface area contributed by atoms with Gasteiger partial charge in [-0.05, 0) is 66.1 Å². The number of carboxylic acid groups (broad SMARTS) is 6. The van der Waals surface area contributed by atoms with Gasteiger partial charge in [0.25, 0.3) is 0 Å². The number of rotatable bonds is 38. The standard InChI is InChI=1S/C72H78N10O27/c1-35(2)59(81-61(95)45(23-25-53(83)84)75-65(99)49(31-57(91)92)79-70(104)106-33-37-13-7-5-8-14-37)67(101)77-47(29-55(87)88)63(97)73-39-19-21-43-51(27-39)108-52-28-40(20-22-44(52)72(43)42-18-12-11-17-41(42)69(103)109-72)74-64(98)48(30-56(89)90)78-68(102)60(36(3)4)82-62(96)46(24-26-54(85)86)76-66(100)50(32-58(93)94)80-71(105)107-34-38-15-9-6-10-16-38/h5-22,27-28,35-36,45-50,59-60H,23-26,29-34H2,1-4H3,(H,73,97)(H,74,98)(H,75,99)(H,76,100)(H,77,101)(H,78,102)(H,79,104)(H,80,105)(H,81,95)(H,82,96)(H,83,84)(H,85,86)(H,87,88)(H,89,90)(H,91,92)(H,93,94)/t45-,46?,47-,48-,49+,50+,59+,60+,72?/m0/s1. The van der Waals surface area contributed by atoms with E-state index in [1.165, 1.54) is 70.2 Å². The molecule has 2 unspecified atom stereocenters. The number of aliphatic carboxylic acids is 6. The molecule has 9 atom stereocenters. The molecule has 2 aliphatic rings. The van der Waals surface area contributed by atoms with Crippen molar-refractivity contribution in [2.75, 3.05) is 10.6 Å². The Hall–Kier alpha value is -13.5. The number of carbonyl (C=O) groups is 17. The van der Waals surface area contributed by atoms with E-state index in [4.69, 9.17) is 18.9 Å². The number of hydrogen-bond donors (Lipinski definition) is 16. The van der Waals surface area contributed by atoms with E-state index in [-0.39, 0.29) is 58.3 Å². The Labute approximate surface area is 618 Å². The molecule has 37 heteroatoms. The summed E-state index contributed by atoms with van der Waals surface area (Å²) in [6, 6.07) is 16.0. The molecule has 5 aromatic carbocycles. The minimum absolute atomic E-state index is 0.106. The lowest BCUT2D eigenvalue weighted by Gasteiger charge is -2.37. The summed E-state index contributed by atoms with van der Waals surface area (Å²) in [4.78, 5) is 223. The van der Waals surface area contributed by atoms with Gasteiger partial charge in [0.1, 0.15) is 73.0 Å². The van der Waals surface area contributed by atoms with Crippen molar-refractivity contribution in [2.45, 2.75) is 146 Å². The van der Waals surface area contributed by atoms with E-state index in [1.807, 2.05) is 0 Å². The van der Waals surface area contributed by atoms with Crippen LogP contribution in [-0.4, -0.2) is 180 Å². The molecule has 0 aliphatic carbocycles. The quantitative estimate of drug-likeness (QED) is 0.0199. The van der Waals surface area contributed by atoms with E-state index in [1.54, 1.807) is 78.9 Å². The number of amides is 10. The van der Waals surface area contributed by atoms with Crippen LogP contribution in [0.2, 0.25) is 0 Å². The highest BCUT2D eigenvalue weighted by molar-refractivity contribution is 6.04. The van der Waals surface area contributed by atoms with Gasteiger partial charge in [-0.1, -0.05) is 107 Å². The summed E-state index contributed by atoms with van der Waals surface area (Å²) < 4.78 is 22.8. The van der Waals surface area contributed by atoms with Gasteiger partial charge in [0.05, 0.1) is 31.2 Å². The van der Waals surface area contributed by atoms with Crippen LogP contribution in [0, 0.1) is 11.8 Å². The number of benzene rings is 5. The lowest BCUT2D eigenvalue weighted by molar-refractivity contribution is -0.141. The van der Waals surface area contributed by atoms with Crippen LogP contribution in [0.3, 0.4) is 0 Å². The molecule has 5 aromatic rings. The normalized spacial score (nSPS) is 15.1. The van der Waals surface area contributed by atoms with Gasteiger partial charge < -0.3 is 103 Å². The van der Waals surface area contributed by atoms with Gasteiger partial charge in [0.15, 0.2) is 5.60 Å². The summed E-state index contributed by atoms with van der Waals surface area (Å²) in [5.41, 5.74) is -0.370. The summed E-state index contributed by atoms with van der Waals surface area (Å²) in [5.74, 6) is -21.7. The molecule has 2 heterocycles. The van der Waals surface area contributed by atoms with Crippen LogP contribution < -0.4 is 57.9 Å². The van der Waals surface area contributed by atoms with Crippen molar-refractivity contribution in [3.8, 4) is 11.5 Å². The van der Waals surface area contributed by atoms with Crippen molar-refractivity contribution in [3.05, 3.63) is 155 Å². The first-order valence-corrected chi connectivity index (χ1v) is 33.6. The van der Waals surface area contributed by atoms with Crippen molar-refractivity contribution in [1.82, 2.24) is 42.5 Å². The molecular formula is C72H78N10O27. The monoisotopic (exact) mass is 1510 g/mol. The Morgan fingerprint density at radius 1 is 0.376 bits per heavy atom. The van der Waals surface area contributed by atoms with Crippen LogP contribution in [0.5, 0.6) is 11.5 Å². The maximum absolute atomic E-state index is 14.3. The predicted octanol–water partition coefficient (Wildman–Crippen LogP) is 2.57. The second kappa shape index (κ2) is 38.0. The first-order valence-electron chi connectivity index (χ1n) is 33.6. The predicted molar refractivity (Wildman–Crippen MR) is 373 cm³/mol. The van der Waals surface area contributed by atoms with Crippen molar-refractivity contribution in [2.24, 2.45) is 11.8 Å². The zero-order chi connectivity index (χ0) is 80.0. The fraction of sp³-hybridized carbons (Fsp3) is 0.347. The molecule has 0 saturated carbocycles. The molecular weight excluding hydrogens is 1440 g/mol. The van der Waals surface area contributed by atoms with Crippen LogP contribution in [0.4, 0.5) is 21.0 Å². The Morgan fingerprint density at radius 2 is 0.716 bits per heavy atom. The molecule has 2 aliphatic heterocycles. The number of carbonyl (C=O) groups excluding carboxylic acids is 11. The lowest BCUT2D eigenvalue weighted by Crippen LogP contribution is -2.59. The zero-order valence-electron chi connectivity index (χ0n) is 58.6. The van der Waals surface area contributed by atoms with E-state index in [0.29, 0.717) is 11.1 Å². The molecule has 7 rings (SSSR count). The van der Waals surface area contributed by atoms with Crippen molar-refractivity contribution in [1.29, 1.82) is 0 Å². The van der Waals surface area contributed by atoms with E-state index in [9.17, 15) is 112 Å². The van der Waals surface area contributed by atoms with Crippen molar-refractivity contribution in [3.63, 3.8) is 0 Å². The highest BCUT2D eigenvalue weighted by atomic mass is 16.6.